The van der Waals surface area contributed by atoms with Crippen LogP contribution in [0.25, 0.3) is 11.1 Å². The van der Waals surface area contributed by atoms with Crippen molar-refractivity contribution >= 4 is 17.0 Å². The van der Waals surface area contributed by atoms with Crippen molar-refractivity contribution in [1.29, 1.82) is 0 Å². The van der Waals surface area contributed by atoms with E-state index in [2.05, 4.69) is 10.3 Å². The minimum Gasteiger partial charge on any atom is -0.439 e. The molecule has 4 heteroatoms. The van der Waals surface area contributed by atoms with Gasteiger partial charge in [-0.05, 0) is 25.0 Å². The summed E-state index contributed by atoms with van der Waals surface area (Å²) in [5, 5.41) is 2.91. The lowest BCUT2D eigenvalue weighted by Gasteiger charge is -2.08. The summed E-state index contributed by atoms with van der Waals surface area (Å²) in [6.45, 7) is 0.379. The van der Waals surface area contributed by atoms with Gasteiger partial charge < -0.3 is 9.73 Å². The Morgan fingerprint density at radius 2 is 2.11 bits per heavy atom. The molecule has 1 aliphatic carbocycles. The number of fused-ring (bicyclic) bond motifs is 1. The highest BCUT2D eigenvalue weighted by molar-refractivity contribution is 5.79. The van der Waals surface area contributed by atoms with Gasteiger partial charge in [-0.2, -0.15) is 0 Å². The molecular formula is C14H16N2O2. The van der Waals surface area contributed by atoms with Crippen LogP contribution >= 0.6 is 0 Å². The molecule has 1 aromatic carbocycles. The number of amides is 1. The van der Waals surface area contributed by atoms with Crippen LogP contribution in [0.4, 0.5) is 0 Å². The first-order valence-corrected chi connectivity index (χ1v) is 6.45. The zero-order valence-corrected chi connectivity index (χ0v) is 10.2. The van der Waals surface area contributed by atoms with Crippen molar-refractivity contribution in [1.82, 2.24) is 10.3 Å². The van der Waals surface area contributed by atoms with Gasteiger partial charge in [0.25, 0.3) is 0 Å². The molecule has 1 aliphatic rings. The average Bonchev–Trinajstić information content (AvgIpc) is 3.04. The number of benzene rings is 1. The van der Waals surface area contributed by atoms with E-state index < -0.39 is 0 Å². The zero-order valence-electron chi connectivity index (χ0n) is 10.2. The Labute approximate surface area is 105 Å². The van der Waals surface area contributed by atoms with E-state index in [1.54, 1.807) is 0 Å². The normalized spacial score (nSPS) is 16.2. The second-order valence-electron chi connectivity index (χ2n) is 4.77. The van der Waals surface area contributed by atoms with E-state index in [1.165, 1.54) is 12.8 Å². The maximum atomic E-state index is 11.9. The molecule has 1 amide bonds. The number of aromatic nitrogens is 1. The molecule has 0 spiro atoms. The molecule has 2 aromatic rings. The largest absolute Gasteiger partial charge is 0.439 e. The first-order valence-electron chi connectivity index (χ1n) is 6.45. The van der Waals surface area contributed by atoms with Gasteiger partial charge in [0.05, 0.1) is 6.54 Å². The van der Waals surface area contributed by atoms with Crippen LogP contribution in [0.1, 0.15) is 31.6 Å². The van der Waals surface area contributed by atoms with Gasteiger partial charge in [0, 0.05) is 5.92 Å². The van der Waals surface area contributed by atoms with Gasteiger partial charge in [-0.15, -0.1) is 0 Å². The van der Waals surface area contributed by atoms with Gasteiger partial charge in [0.1, 0.15) is 5.52 Å². The summed E-state index contributed by atoms with van der Waals surface area (Å²) in [5.41, 5.74) is 1.60. The Hall–Kier alpha value is -1.84. The fraction of sp³-hybridized carbons (Fsp3) is 0.429. The Bertz CT molecular complexity index is 523. The molecule has 1 aromatic heterocycles. The van der Waals surface area contributed by atoms with Crippen molar-refractivity contribution in [3.05, 3.63) is 30.2 Å². The molecule has 0 bridgehead atoms. The number of oxazole rings is 1. The Morgan fingerprint density at radius 1 is 1.33 bits per heavy atom. The summed E-state index contributed by atoms with van der Waals surface area (Å²) < 4.78 is 5.56. The molecule has 4 nitrogen and oxygen atoms in total. The topological polar surface area (TPSA) is 55.1 Å². The first-order chi connectivity index (χ1) is 8.83. The number of nitrogens with one attached hydrogen (secondary N) is 1. The summed E-state index contributed by atoms with van der Waals surface area (Å²) in [4.78, 5) is 16.2. The van der Waals surface area contributed by atoms with Crippen LogP contribution in [0.2, 0.25) is 0 Å². The second-order valence-corrected chi connectivity index (χ2v) is 4.77. The molecule has 1 fully saturated rings. The lowest BCUT2D eigenvalue weighted by Crippen LogP contribution is -2.28. The van der Waals surface area contributed by atoms with Crippen LogP contribution < -0.4 is 5.32 Å². The Balaban J connectivity index is 1.63. The number of hydrogen-bond donors (Lipinski definition) is 1. The molecule has 3 rings (SSSR count). The quantitative estimate of drug-likeness (QED) is 0.903. The van der Waals surface area contributed by atoms with Gasteiger partial charge in [0.15, 0.2) is 5.58 Å². The minimum atomic E-state index is 0.134. The molecule has 0 atom stereocenters. The highest BCUT2D eigenvalue weighted by Gasteiger charge is 2.22. The van der Waals surface area contributed by atoms with Crippen LogP contribution in [-0.4, -0.2) is 10.9 Å². The Morgan fingerprint density at radius 3 is 2.89 bits per heavy atom. The van der Waals surface area contributed by atoms with Crippen molar-refractivity contribution in [3.8, 4) is 0 Å². The van der Waals surface area contributed by atoms with Crippen molar-refractivity contribution in [3.63, 3.8) is 0 Å². The summed E-state index contributed by atoms with van der Waals surface area (Å²) >= 11 is 0. The average molecular weight is 244 g/mol. The number of rotatable bonds is 3. The smallest absolute Gasteiger partial charge is 0.223 e. The number of para-hydroxylation sites is 2. The van der Waals surface area contributed by atoms with Crippen molar-refractivity contribution in [2.24, 2.45) is 5.92 Å². The molecule has 0 radical (unpaired) electrons. The maximum absolute atomic E-state index is 11.9. The standard InChI is InChI=1S/C14H16N2O2/c17-14(10-5-1-2-6-10)15-9-13-16-11-7-3-4-8-12(11)18-13/h3-4,7-8,10H,1-2,5-6,9H2,(H,15,17). The fourth-order valence-corrected chi connectivity index (χ4v) is 2.49. The SMILES string of the molecule is O=C(NCc1nc2ccccc2o1)C1CCCC1. The summed E-state index contributed by atoms with van der Waals surface area (Å²) in [7, 11) is 0. The monoisotopic (exact) mass is 244 g/mol. The lowest BCUT2D eigenvalue weighted by atomic mass is 10.1. The first kappa shape index (κ1) is 11.3. The number of carbonyl (C=O) groups excluding carboxylic acids is 1. The number of hydrogen-bond acceptors (Lipinski definition) is 3. The molecular weight excluding hydrogens is 228 g/mol. The van der Waals surface area contributed by atoms with Crippen molar-refractivity contribution in [2.45, 2.75) is 32.2 Å². The highest BCUT2D eigenvalue weighted by atomic mass is 16.3. The van der Waals surface area contributed by atoms with E-state index in [9.17, 15) is 4.79 Å². The predicted molar refractivity (Wildman–Crippen MR) is 67.8 cm³/mol. The molecule has 0 saturated heterocycles. The minimum absolute atomic E-state index is 0.134. The van der Waals surface area contributed by atoms with Crippen LogP contribution in [0, 0.1) is 5.92 Å². The van der Waals surface area contributed by atoms with Gasteiger partial charge in [0.2, 0.25) is 11.8 Å². The number of carbonyl (C=O) groups is 1. The fourth-order valence-electron chi connectivity index (χ4n) is 2.49. The molecule has 1 heterocycles. The molecule has 94 valence electrons. The molecule has 0 unspecified atom stereocenters. The molecule has 18 heavy (non-hydrogen) atoms. The molecule has 1 saturated carbocycles. The molecule has 1 N–H and O–H groups in total. The van der Waals surface area contributed by atoms with Crippen molar-refractivity contribution in [2.75, 3.05) is 0 Å². The number of nitrogens with zero attached hydrogens (tertiary/aromatic N) is 1. The zero-order chi connectivity index (χ0) is 12.4. The third-order valence-corrected chi connectivity index (χ3v) is 3.48. The highest BCUT2D eigenvalue weighted by Crippen LogP contribution is 2.24. The summed E-state index contributed by atoms with van der Waals surface area (Å²) in [6, 6.07) is 7.62. The van der Waals surface area contributed by atoms with E-state index in [-0.39, 0.29) is 11.8 Å². The maximum Gasteiger partial charge on any atom is 0.223 e. The molecule has 0 aliphatic heterocycles. The van der Waals surface area contributed by atoms with Crippen molar-refractivity contribution < 1.29 is 9.21 Å². The van der Waals surface area contributed by atoms with Gasteiger partial charge in [-0.25, -0.2) is 4.98 Å². The predicted octanol–water partition coefficient (Wildman–Crippen LogP) is 2.63. The lowest BCUT2D eigenvalue weighted by molar-refractivity contribution is -0.125. The van der Waals surface area contributed by atoms with Gasteiger partial charge >= 0.3 is 0 Å². The van der Waals surface area contributed by atoms with E-state index in [0.717, 1.165) is 23.9 Å². The van der Waals surface area contributed by atoms with E-state index in [1.807, 2.05) is 24.3 Å². The summed E-state index contributed by atoms with van der Waals surface area (Å²) in [6.07, 6.45) is 4.36. The third kappa shape index (κ3) is 2.23. The van der Waals surface area contributed by atoms with Crippen LogP contribution in [0.5, 0.6) is 0 Å². The second kappa shape index (κ2) is 4.80. The Kier molecular flexibility index (Phi) is 3.00. The van der Waals surface area contributed by atoms with Gasteiger partial charge in [-0.1, -0.05) is 25.0 Å². The van der Waals surface area contributed by atoms with E-state index in [4.69, 9.17) is 4.42 Å². The summed E-state index contributed by atoms with van der Waals surface area (Å²) in [5.74, 6) is 0.895. The van der Waals surface area contributed by atoms with Crippen LogP contribution in [-0.2, 0) is 11.3 Å². The van der Waals surface area contributed by atoms with Crippen LogP contribution in [0.3, 0.4) is 0 Å². The van der Waals surface area contributed by atoms with E-state index in [0.29, 0.717) is 12.4 Å². The van der Waals surface area contributed by atoms with E-state index >= 15 is 0 Å². The third-order valence-electron chi connectivity index (χ3n) is 3.48. The van der Waals surface area contributed by atoms with Crippen LogP contribution in [0.15, 0.2) is 28.7 Å². The van der Waals surface area contributed by atoms with Gasteiger partial charge in [-0.3, -0.25) is 4.79 Å².